The summed E-state index contributed by atoms with van der Waals surface area (Å²) >= 11 is 6.28. The maximum absolute atomic E-state index is 12.3. The predicted molar refractivity (Wildman–Crippen MR) is 115 cm³/mol. The van der Waals surface area contributed by atoms with Crippen molar-refractivity contribution in [1.82, 2.24) is 0 Å². The fraction of sp³-hybridized carbons (Fsp3) is 0.0417. The first-order chi connectivity index (χ1) is 14.5. The highest BCUT2D eigenvalue weighted by atomic mass is 35.5. The molecule has 0 spiro atoms. The Hall–Kier alpha value is -3.70. The van der Waals surface area contributed by atoms with Gasteiger partial charge in [-0.1, -0.05) is 53.6 Å². The van der Waals surface area contributed by atoms with Crippen LogP contribution in [0, 0.1) is 6.92 Å². The Bertz CT molecular complexity index is 1200. The smallest absolute Gasteiger partial charge is 0.363 e. The van der Waals surface area contributed by atoms with Gasteiger partial charge in [0, 0.05) is 5.56 Å². The molecule has 30 heavy (non-hydrogen) atoms. The van der Waals surface area contributed by atoms with Crippen LogP contribution in [0.4, 0.5) is 0 Å². The monoisotopic (exact) mass is 417 g/mol. The molecule has 0 aromatic heterocycles. The molecular formula is C24H16ClNO4. The Labute approximate surface area is 178 Å². The highest BCUT2D eigenvalue weighted by Gasteiger charge is 2.24. The molecule has 4 rings (SSSR count). The maximum atomic E-state index is 12.3. The van der Waals surface area contributed by atoms with Crippen LogP contribution in [0.1, 0.15) is 27.0 Å². The molecular weight excluding hydrogens is 402 g/mol. The molecule has 0 amide bonds. The number of aryl methyl sites for hydroxylation is 1. The minimum Gasteiger partial charge on any atom is -0.421 e. The van der Waals surface area contributed by atoms with Gasteiger partial charge in [-0.05, 0) is 55.0 Å². The molecule has 0 saturated heterocycles. The molecule has 148 valence electrons. The Morgan fingerprint density at radius 3 is 2.57 bits per heavy atom. The number of carbonyl (C=O) groups excluding carboxylic acids is 2. The third-order valence-corrected chi connectivity index (χ3v) is 4.65. The molecule has 0 saturated carbocycles. The fourth-order valence-corrected chi connectivity index (χ4v) is 3.12. The maximum Gasteiger partial charge on any atom is 0.363 e. The van der Waals surface area contributed by atoms with Gasteiger partial charge in [0.1, 0.15) is 5.75 Å². The van der Waals surface area contributed by atoms with Gasteiger partial charge in [-0.3, -0.25) is 0 Å². The zero-order chi connectivity index (χ0) is 21.1. The number of nitrogens with zero attached hydrogens (tertiary/aromatic N) is 1. The first-order valence-electron chi connectivity index (χ1n) is 9.16. The summed E-state index contributed by atoms with van der Waals surface area (Å²) in [6, 6.07) is 21.1. The molecule has 0 bridgehead atoms. The summed E-state index contributed by atoms with van der Waals surface area (Å²) in [5.41, 5.74) is 2.89. The van der Waals surface area contributed by atoms with E-state index in [9.17, 15) is 9.59 Å². The quantitative estimate of drug-likeness (QED) is 0.332. The summed E-state index contributed by atoms with van der Waals surface area (Å²) < 4.78 is 10.6. The van der Waals surface area contributed by atoms with Crippen molar-refractivity contribution in [3.05, 3.63) is 106 Å². The zero-order valence-electron chi connectivity index (χ0n) is 16.0. The van der Waals surface area contributed by atoms with E-state index in [0.29, 0.717) is 16.7 Å². The van der Waals surface area contributed by atoms with Crippen molar-refractivity contribution in [3.63, 3.8) is 0 Å². The van der Waals surface area contributed by atoms with Crippen LogP contribution in [0.2, 0.25) is 5.02 Å². The van der Waals surface area contributed by atoms with Crippen molar-refractivity contribution >= 4 is 35.5 Å². The molecule has 5 nitrogen and oxygen atoms in total. The first kappa shape index (κ1) is 19.6. The Morgan fingerprint density at radius 1 is 1.03 bits per heavy atom. The molecule has 1 heterocycles. The number of esters is 2. The van der Waals surface area contributed by atoms with E-state index >= 15 is 0 Å². The molecule has 0 fully saturated rings. The molecule has 0 aliphatic carbocycles. The predicted octanol–water partition coefficient (Wildman–Crippen LogP) is 5.21. The molecule has 1 aliphatic rings. The number of rotatable bonds is 4. The van der Waals surface area contributed by atoms with E-state index in [1.807, 2.05) is 43.3 Å². The second kappa shape index (κ2) is 8.35. The third kappa shape index (κ3) is 4.31. The Balaban J connectivity index is 1.54. The lowest BCUT2D eigenvalue weighted by atomic mass is 10.1. The van der Waals surface area contributed by atoms with Crippen molar-refractivity contribution in [2.75, 3.05) is 0 Å². The third-order valence-electron chi connectivity index (χ3n) is 4.36. The number of ether oxygens (including phenoxy) is 2. The summed E-state index contributed by atoms with van der Waals surface area (Å²) in [4.78, 5) is 28.7. The van der Waals surface area contributed by atoms with Crippen LogP contribution in [0.5, 0.6) is 5.75 Å². The summed E-state index contributed by atoms with van der Waals surface area (Å²) in [5, 5.41) is 0.240. The van der Waals surface area contributed by atoms with Gasteiger partial charge in [-0.2, -0.15) is 0 Å². The molecule has 3 aromatic rings. The lowest BCUT2D eigenvalue weighted by molar-refractivity contribution is -0.129. The number of halogens is 1. The first-order valence-corrected chi connectivity index (χ1v) is 9.54. The summed E-state index contributed by atoms with van der Waals surface area (Å²) in [7, 11) is 0. The van der Waals surface area contributed by atoms with E-state index < -0.39 is 11.9 Å². The van der Waals surface area contributed by atoms with E-state index in [1.165, 1.54) is 0 Å². The van der Waals surface area contributed by atoms with Crippen molar-refractivity contribution in [2.45, 2.75) is 6.92 Å². The van der Waals surface area contributed by atoms with Gasteiger partial charge in [0.2, 0.25) is 5.90 Å². The van der Waals surface area contributed by atoms with Crippen molar-refractivity contribution in [1.29, 1.82) is 0 Å². The highest BCUT2D eigenvalue weighted by molar-refractivity contribution is 6.32. The van der Waals surface area contributed by atoms with Crippen LogP contribution in [-0.4, -0.2) is 17.8 Å². The van der Waals surface area contributed by atoms with Gasteiger partial charge in [0.15, 0.2) is 5.70 Å². The number of hydrogen-bond donors (Lipinski definition) is 0. The Kier molecular flexibility index (Phi) is 5.46. The summed E-state index contributed by atoms with van der Waals surface area (Å²) in [6.45, 7) is 1.89. The van der Waals surface area contributed by atoms with Crippen molar-refractivity contribution < 1.29 is 19.1 Å². The second-order valence-corrected chi connectivity index (χ2v) is 7.06. The number of aliphatic imine (C=N–C) groups is 1. The normalized spacial score (nSPS) is 14.4. The Morgan fingerprint density at radius 2 is 1.83 bits per heavy atom. The van der Waals surface area contributed by atoms with Gasteiger partial charge in [0.25, 0.3) is 0 Å². The van der Waals surface area contributed by atoms with E-state index in [0.717, 1.165) is 5.56 Å². The van der Waals surface area contributed by atoms with Crippen LogP contribution >= 0.6 is 11.6 Å². The topological polar surface area (TPSA) is 65.0 Å². The van der Waals surface area contributed by atoms with Gasteiger partial charge >= 0.3 is 11.9 Å². The van der Waals surface area contributed by atoms with Gasteiger partial charge in [0.05, 0.1) is 10.6 Å². The van der Waals surface area contributed by atoms with Crippen LogP contribution in [0.25, 0.3) is 6.08 Å². The van der Waals surface area contributed by atoms with Crippen LogP contribution in [-0.2, 0) is 9.53 Å². The zero-order valence-corrected chi connectivity index (χ0v) is 16.7. The highest BCUT2D eigenvalue weighted by Crippen LogP contribution is 2.28. The average Bonchev–Trinajstić information content (AvgIpc) is 3.11. The lowest BCUT2D eigenvalue weighted by Crippen LogP contribution is -2.08. The molecule has 0 atom stereocenters. The minimum absolute atomic E-state index is 0.162. The van der Waals surface area contributed by atoms with E-state index in [1.54, 1.807) is 42.5 Å². The second-order valence-electron chi connectivity index (χ2n) is 6.65. The fourth-order valence-electron chi connectivity index (χ4n) is 2.89. The van der Waals surface area contributed by atoms with Crippen LogP contribution in [0.3, 0.4) is 0 Å². The van der Waals surface area contributed by atoms with E-state index in [4.69, 9.17) is 21.1 Å². The molecule has 0 N–H and O–H groups in total. The number of benzene rings is 3. The molecule has 6 heteroatoms. The van der Waals surface area contributed by atoms with Crippen molar-refractivity contribution in [2.24, 2.45) is 4.99 Å². The number of cyclic esters (lactones) is 1. The van der Waals surface area contributed by atoms with Crippen LogP contribution in [0.15, 0.2) is 83.5 Å². The minimum atomic E-state index is -0.542. The van der Waals surface area contributed by atoms with Gasteiger partial charge in [-0.25, -0.2) is 14.6 Å². The SMILES string of the molecule is Cc1cccc(C(=O)Oc2ccc(C=C3N=C(c4ccccc4)OC3=O)cc2Cl)c1. The average molecular weight is 418 g/mol. The van der Waals surface area contributed by atoms with E-state index in [-0.39, 0.29) is 22.4 Å². The number of hydrogen-bond acceptors (Lipinski definition) is 5. The lowest BCUT2D eigenvalue weighted by Gasteiger charge is -2.07. The molecule has 3 aromatic carbocycles. The standard InChI is InChI=1S/C24H16ClNO4/c1-15-6-5-9-18(12-15)23(27)29-21-11-10-16(13-19(21)25)14-20-24(28)30-22(26-20)17-7-3-2-4-8-17/h2-14H,1H3. The molecule has 0 unspecified atom stereocenters. The number of carbonyl (C=O) groups is 2. The van der Waals surface area contributed by atoms with Crippen LogP contribution < -0.4 is 4.74 Å². The summed E-state index contributed by atoms with van der Waals surface area (Å²) in [6.07, 6.45) is 1.57. The largest absolute Gasteiger partial charge is 0.421 e. The van der Waals surface area contributed by atoms with E-state index in [2.05, 4.69) is 4.99 Å². The molecule has 1 aliphatic heterocycles. The van der Waals surface area contributed by atoms with Crippen molar-refractivity contribution in [3.8, 4) is 5.75 Å². The van der Waals surface area contributed by atoms with Gasteiger partial charge in [-0.15, -0.1) is 0 Å². The van der Waals surface area contributed by atoms with Gasteiger partial charge < -0.3 is 9.47 Å². The summed E-state index contributed by atoms with van der Waals surface area (Å²) in [5.74, 6) is -0.558. The molecule has 0 radical (unpaired) electrons.